The predicted octanol–water partition coefficient (Wildman–Crippen LogP) is 3.29. The van der Waals surface area contributed by atoms with Crippen LogP contribution in [0.5, 0.6) is 0 Å². The Morgan fingerprint density at radius 1 is 1.29 bits per heavy atom. The lowest BCUT2D eigenvalue weighted by atomic mass is 9.97. The van der Waals surface area contributed by atoms with Gasteiger partial charge in [-0.2, -0.15) is 0 Å². The summed E-state index contributed by atoms with van der Waals surface area (Å²) in [6, 6.07) is 1.92. The third-order valence-electron chi connectivity index (χ3n) is 4.40. The van der Waals surface area contributed by atoms with Crippen molar-refractivity contribution in [1.82, 2.24) is 19.8 Å². The summed E-state index contributed by atoms with van der Waals surface area (Å²) in [5.74, 6) is 0.687. The number of aryl methyl sites for hydroxylation is 2. The number of hydrogen-bond donors (Lipinski definition) is 0. The highest BCUT2D eigenvalue weighted by Gasteiger charge is 2.27. The third-order valence-corrected chi connectivity index (χ3v) is 5.23. The number of rotatable bonds is 5. The number of carbonyl (C=O) groups is 2. The minimum Gasteiger partial charge on any atom is -0.444 e. The van der Waals surface area contributed by atoms with Crippen molar-refractivity contribution in [2.24, 2.45) is 5.92 Å². The maximum atomic E-state index is 12.6. The summed E-state index contributed by atoms with van der Waals surface area (Å²) in [5.41, 5.74) is 1.31. The van der Waals surface area contributed by atoms with Crippen LogP contribution in [-0.4, -0.2) is 69.8 Å². The minimum absolute atomic E-state index is 0.0948. The number of piperidine rings is 1. The molecule has 1 aromatic heterocycles. The molecule has 0 radical (unpaired) electrons. The first-order valence-electron chi connectivity index (χ1n) is 9.70. The number of thioether (sulfide) groups is 1. The van der Waals surface area contributed by atoms with E-state index in [0.29, 0.717) is 24.0 Å². The van der Waals surface area contributed by atoms with Crippen LogP contribution in [0.1, 0.15) is 45.0 Å². The van der Waals surface area contributed by atoms with Crippen LogP contribution >= 0.6 is 11.8 Å². The van der Waals surface area contributed by atoms with Gasteiger partial charge < -0.3 is 14.5 Å². The van der Waals surface area contributed by atoms with Crippen molar-refractivity contribution in [3.63, 3.8) is 0 Å². The summed E-state index contributed by atoms with van der Waals surface area (Å²) in [5, 5.41) is 0.643. The summed E-state index contributed by atoms with van der Waals surface area (Å²) >= 11 is 1.38. The van der Waals surface area contributed by atoms with Crippen LogP contribution in [0.25, 0.3) is 0 Å². The number of likely N-dealkylation sites (tertiary alicyclic amines) is 1. The molecule has 28 heavy (non-hydrogen) atoms. The second kappa shape index (κ2) is 9.58. The zero-order valence-electron chi connectivity index (χ0n) is 17.8. The minimum atomic E-state index is -0.507. The Kier molecular flexibility index (Phi) is 7.69. The van der Waals surface area contributed by atoms with Gasteiger partial charge in [0, 0.05) is 38.1 Å². The molecule has 1 unspecified atom stereocenters. The van der Waals surface area contributed by atoms with Gasteiger partial charge in [0.1, 0.15) is 5.60 Å². The van der Waals surface area contributed by atoms with E-state index in [9.17, 15) is 9.59 Å². The molecular weight excluding hydrogens is 376 g/mol. The van der Waals surface area contributed by atoms with Crippen molar-refractivity contribution in [1.29, 1.82) is 0 Å². The summed E-state index contributed by atoms with van der Waals surface area (Å²) in [4.78, 5) is 37.1. The smallest absolute Gasteiger partial charge is 0.410 e. The Hall–Kier alpha value is -1.83. The van der Waals surface area contributed by atoms with Crippen LogP contribution in [0.3, 0.4) is 0 Å². The Bertz CT molecular complexity index is 685. The average Bonchev–Trinajstić information content (AvgIpc) is 2.57. The van der Waals surface area contributed by atoms with Crippen LogP contribution in [0.2, 0.25) is 0 Å². The first kappa shape index (κ1) is 22.5. The molecule has 7 nitrogen and oxygen atoms in total. The molecule has 1 atom stereocenters. The maximum Gasteiger partial charge on any atom is 0.410 e. The molecule has 2 heterocycles. The first-order chi connectivity index (χ1) is 13.0. The standard InChI is InChI=1S/C20H32N4O3S/c1-14-10-15(2)22-18(21-14)28-13-17(25)24-9-7-8-16(12-24)11-23(6)19(26)27-20(3,4)5/h10,16H,7-9,11-13H2,1-6H3. The number of nitrogens with zero attached hydrogens (tertiary/aromatic N) is 4. The van der Waals surface area contributed by atoms with Gasteiger partial charge in [-0.1, -0.05) is 11.8 Å². The second-order valence-corrected chi connectivity index (χ2v) is 9.37. The molecule has 0 aromatic carbocycles. The predicted molar refractivity (Wildman–Crippen MR) is 110 cm³/mol. The van der Waals surface area contributed by atoms with Gasteiger partial charge in [-0.15, -0.1) is 0 Å². The van der Waals surface area contributed by atoms with Crippen molar-refractivity contribution in [3.8, 4) is 0 Å². The van der Waals surface area contributed by atoms with Gasteiger partial charge >= 0.3 is 6.09 Å². The maximum absolute atomic E-state index is 12.6. The first-order valence-corrected chi connectivity index (χ1v) is 10.7. The molecule has 0 N–H and O–H groups in total. The Labute approximate surface area is 172 Å². The van der Waals surface area contributed by atoms with Gasteiger partial charge in [0.15, 0.2) is 5.16 Å². The zero-order chi connectivity index (χ0) is 20.9. The lowest BCUT2D eigenvalue weighted by Crippen LogP contribution is -2.45. The number of hydrogen-bond acceptors (Lipinski definition) is 6. The van der Waals surface area contributed by atoms with E-state index in [4.69, 9.17) is 4.74 Å². The lowest BCUT2D eigenvalue weighted by Gasteiger charge is -2.35. The summed E-state index contributed by atoms with van der Waals surface area (Å²) in [6.07, 6.45) is 1.63. The monoisotopic (exact) mass is 408 g/mol. The molecule has 2 amide bonds. The lowest BCUT2D eigenvalue weighted by molar-refractivity contribution is -0.130. The quantitative estimate of drug-likeness (QED) is 0.550. The van der Waals surface area contributed by atoms with E-state index >= 15 is 0 Å². The summed E-state index contributed by atoms with van der Waals surface area (Å²) < 4.78 is 5.41. The second-order valence-electron chi connectivity index (χ2n) is 8.43. The van der Waals surface area contributed by atoms with Crippen LogP contribution in [0.4, 0.5) is 4.79 Å². The SMILES string of the molecule is Cc1cc(C)nc(SCC(=O)N2CCCC(CN(C)C(=O)OC(C)(C)C)C2)n1. The van der Waals surface area contributed by atoms with Crippen LogP contribution in [0, 0.1) is 19.8 Å². The normalized spacial score (nSPS) is 17.4. The highest BCUT2D eigenvalue weighted by molar-refractivity contribution is 7.99. The zero-order valence-corrected chi connectivity index (χ0v) is 18.6. The van der Waals surface area contributed by atoms with E-state index in [2.05, 4.69) is 9.97 Å². The summed E-state index contributed by atoms with van der Waals surface area (Å²) in [6.45, 7) is 11.4. The molecule has 0 aliphatic carbocycles. The fourth-order valence-electron chi connectivity index (χ4n) is 3.22. The fourth-order valence-corrected chi connectivity index (χ4v) is 4.07. The van der Waals surface area contributed by atoms with Gasteiger partial charge in [-0.25, -0.2) is 14.8 Å². The molecule has 0 bridgehead atoms. The molecule has 2 rings (SSSR count). The van der Waals surface area contributed by atoms with Crippen LogP contribution in [0.15, 0.2) is 11.2 Å². The third kappa shape index (κ3) is 7.30. The molecule has 1 fully saturated rings. The van der Waals surface area contributed by atoms with Crippen molar-refractivity contribution < 1.29 is 14.3 Å². The van der Waals surface area contributed by atoms with Crippen LogP contribution in [-0.2, 0) is 9.53 Å². The van der Waals surface area contributed by atoms with Crippen molar-refractivity contribution in [2.45, 2.75) is 58.2 Å². The van der Waals surface area contributed by atoms with E-state index < -0.39 is 5.60 Å². The van der Waals surface area contributed by atoms with E-state index in [1.54, 1.807) is 11.9 Å². The molecule has 1 aliphatic rings. The number of amides is 2. The fraction of sp³-hybridized carbons (Fsp3) is 0.700. The number of aromatic nitrogens is 2. The van der Waals surface area contributed by atoms with Crippen molar-refractivity contribution >= 4 is 23.8 Å². The molecule has 1 saturated heterocycles. The van der Waals surface area contributed by atoms with Crippen molar-refractivity contribution in [3.05, 3.63) is 17.5 Å². The van der Waals surface area contributed by atoms with Crippen molar-refractivity contribution in [2.75, 3.05) is 32.4 Å². The highest BCUT2D eigenvalue weighted by Crippen LogP contribution is 2.21. The topological polar surface area (TPSA) is 75.6 Å². The van der Waals surface area contributed by atoms with E-state index in [1.165, 1.54) is 11.8 Å². The van der Waals surface area contributed by atoms with Gasteiger partial charge in [0.25, 0.3) is 0 Å². The van der Waals surface area contributed by atoms with Gasteiger partial charge in [0.2, 0.25) is 5.91 Å². The highest BCUT2D eigenvalue weighted by atomic mass is 32.2. The number of carbonyl (C=O) groups excluding carboxylic acids is 2. The molecule has 156 valence electrons. The Balaban J connectivity index is 1.84. The van der Waals surface area contributed by atoms with Gasteiger partial charge in [0.05, 0.1) is 5.75 Å². The van der Waals surface area contributed by atoms with Gasteiger partial charge in [-0.3, -0.25) is 4.79 Å². The molecule has 0 spiro atoms. The molecule has 0 saturated carbocycles. The largest absolute Gasteiger partial charge is 0.444 e. The molecule has 1 aromatic rings. The molecule has 1 aliphatic heterocycles. The van der Waals surface area contributed by atoms with Gasteiger partial charge in [-0.05, 0) is 59.4 Å². The average molecular weight is 409 g/mol. The molecule has 8 heteroatoms. The number of ether oxygens (including phenoxy) is 1. The summed E-state index contributed by atoms with van der Waals surface area (Å²) in [7, 11) is 1.75. The Morgan fingerprint density at radius 3 is 2.54 bits per heavy atom. The van der Waals surface area contributed by atoms with E-state index in [-0.39, 0.29) is 17.9 Å². The van der Waals surface area contributed by atoms with E-state index in [1.807, 2.05) is 45.6 Å². The van der Waals surface area contributed by atoms with E-state index in [0.717, 1.165) is 30.8 Å². The Morgan fingerprint density at radius 2 is 1.93 bits per heavy atom. The van der Waals surface area contributed by atoms with Crippen LogP contribution < -0.4 is 0 Å². The molecular formula is C20H32N4O3S.